The number of esters is 1. The summed E-state index contributed by atoms with van der Waals surface area (Å²) in [6.45, 7) is 4.84. The molecule has 0 saturated carbocycles. The normalized spacial score (nSPS) is 12.9. The number of aliphatic hydroxyl groups excluding tert-OH is 2. The molecule has 73 heavy (non-hydrogen) atoms. The molecule has 1 amide bonds. The molecule has 6 heteroatoms. The first-order valence-electron chi connectivity index (χ1n) is 32.4. The Morgan fingerprint density at radius 2 is 0.685 bits per heavy atom. The van der Waals surface area contributed by atoms with E-state index in [1.165, 1.54) is 250 Å². The Morgan fingerprint density at radius 3 is 1.05 bits per heavy atom. The zero-order valence-electron chi connectivity index (χ0n) is 48.9. The Kier molecular flexibility index (Phi) is 60.5. The molecule has 0 bridgehead atoms. The third-order valence-electron chi connectivity index (χ3n) is 14.9. The third-order valence-corrected chi connectivity index (χ3v) is 14.9. The highest BCUT2D eigenvalue weighted by atomic mass is 16.5. The Hall–Kier alpha value is -2.18. The second-order valence-corrected chi connectivity index (χ2v) is 22.1. The summed E-state index contributed by atoms with van der Waals surface area (Å²) >= 11 is 0. The number of rotatable bonds is 60. The number of nitrogens with one attached hydrogen (secondary N) is 1. The fourth-order valence-electron chi connectivity index (χ4n) is 9.92. The number of allylic oxidation sites excluding steroid dienone is 7. The van der Waals surface area contributed by atoms with Crippen LogP contribution in [0.15, 0.2) is 48.6 Å². The fraction of sp³-hybridized carbons (Fsp3) is 0.851. The van der Waals surface area contributed by atoms with Gasteiger partial charge in [-0.2, -0.15) is 0 Å². The molecule has 0 aliphatic rings. The Labute approximate surface area is 455 Å². The minimum Gasteiger partial charge on any atom is -0.465 e. The average Bonchev–Trinajstić information content (AvgIpc) is 3.39. The summed E-state index contributed by atoms with van der Waals surface area (Å²) in [7, 11) is 0. The molecular formula is C67H125NO5. The van der Waals surface area contributed by atoms with E-state index in [4.69, 9.17) is 4.74 Å². The van der Waals surface area contributed by atoms with E-state index in [2.05, 4.69) is 67.8 Å². The molecule has 0 aromatic rings. The van der Waals surface area contributed by atoms with Gasteiger partial charge in [0.1, 0.15) is 0 Å². The summed E-state index contributed by atoms with van der Waals surface area (Å²) in [5.74, 6) is -0.0805. The lowest BCUT2D eigenvalue weighted by molar-refractivity contribution is -0.143. The van der Waals surface area contributed by atoms with Crippen LogP contribution in [-0.2, 0) is 14.3 Å². The lowest BCUT2D eigenvalue weighted by Crippen LogP contribution is -2.45. The average molecular weight is 1020 g/mol. The van der Waals surface area contributed by atoms with Crippen molar-refractivity contribution in [3.63, 3.8) is 0 Å². The molecule has 0 aliphatic heterocycles. The predicted octanol–water partition coefficient (Wildman–Crippen LogP) is 20.5. The van der Waals surface area contributed by atoms with Gasteiger partial charge in [-0.05, 0) is 77.0 Å². The molecule has 428 valence electrons. The predicted molar refractivity (Wildman–Crippen MR) is 319 cm³/mol. The van der Waals surface area contributed by atoms with Gasteiger partial charge in [-0.1, -0.05) is 300 Å². The molecule has 2 unspecified atom stereocenters. The smallest absolute Gasteiger partial charge is 0.305 e. The van der Waals surface area contributed by atoms with Crippen LogP contribution in [0.25, 0.3) is 0 Å². The molecule has 0 radical (unpaired) electrons. The highest BCUT2D eigenvalue weighted by Gasteiger charge is 2.20. The topological polar surface area (TPSA) is 95.9 Å². The monoisotopic (exact) mass is 1020 g/mol. The van der Waals surface area contributed by atoms with E-state index in [0.717, 1.165) is 57.8 Å². The van der Waals surface area contributed by atoms with Crippen LogP contribution in [0, 0.1) is 0 Å². The Balaban J connectivity index is 3.45. The molecule has 3 N–H and O–H groups in total. The Morgan fingerprint density at radius 1 is 0.384 bits per heavy atom. The van der Waals surface area contributed by atoms with Gasteiger partial charge >= 0.3 is 5.97 Å². The number of carbonyl (C=O) groups excluding carboxylic acids is 2. The van der Waals surface area contributed by atoms with Crippen LogP contribution >= 0.6 is 0 Å². The minimum atomic E-state index is -0.669. The molecule has 0 spiro atoms. The van der Waals surface area contributed by atoms with Gasteiger partial charge in [-0.3, -0.25) is 9.59 Å². The van der Waals surface area contributed by atoms with Gasteiger partial charge in [0.15, 0.2) is 0 Å². The van der Waals surface area contributed by atoms with Gasteiger partial charge in [0.2, 0.25) is 5.91 Å². The van der Waals surface area contributed by atoms with Crippen LogP contribution in [0.1, 0.15) is 341 Å². The molecular weight excluding hydrogens is 899 g/mol. The molecule has 0 fully saturated rings. The van der Waals surface area contributed by atoms with E-state index >= 15 is 0 Å². The summed E-state index contributed by atoms with van der Waals surface area (Å²) in [5.41, 5.74) is 0. The van der Waals surface area contributed by atoms with E-state index in [0.29, 0.717) is 25.9 Å². The van der Waals surface area contributed by atoms with Crippen molar-refractivity contribution < 1.29 is 24.5 Å². The van der Waals surface area contributed by atoms with Crippen molar-refractivity contribution >= 4 is 11.9 Å². The summed E-state index contributed by atoms with van der Waals surface area (Å²) in [6, 6.07) is -0.547. The number of ether oxygens (including phenoxy) is 1. The highest BCUT2D eigenvalue weighted by Crippen LogP contribution is 2.18. The van der Waals surface area contributed by atoms with Crippen LogP contribution in [0.5, 0.6) is 0 Å². The SMILES string of the molecule is CCCCCC/C=C\C/C=C\CCCCCCCCCC(=O)OCC/C=C\C/C=C\CCCCCCCCCCCCCCCCC(=O)NC(CO)C(O)CCCCCCCCCCCCCCCCCCC. The van der Waals surface area contributed by atoms with Crippen LogP contribution in [-0.4, -0.2) is 47.4 Å². The van der Waals surface area contributed by atoms with Gasteiger partial charge in [0, 0.05) is 12.8 Å². The van der Waals surface area contributed by atoms with Crippen molar-refractivity contribution in [1.82, 2.24) is 5.32 Å². The van der Waals surface area contributed by atoms with E-state index in [9.17, 15) is 19.8 Å². The molecule has 2 atom stereocenters. The van der Waals surface area contributed by atoms with E-state index in [1.54, 1.807) is 0 Å². The standard InChI is InChI=1S/C67H125NO5/c1-3-5-7-9-11-13-15-17-19-21-29-33-37-41-45-49-53-57-61-67(72)73-62-58-54-50-46-42-38-34-30-26-24-22-23-25-28-32-36-40-44-48-52-56-60-66(71)68-64(63-69)65(70)59-55-51-47-43-39-35-31-27-20-18-16-14-12-10-8-6-4-2/h13,15,19,21,38,42,50,54,64-65,69-70H,3-12,14,16-18,20,22-37,39-41,43-49,51-53,55-63H2,1-2H3,(H,68,71)/b15-13-,21-19-,42-38-,54-50-. The van der Waals surface area contributed by atoms with Gasteiger partial charge in [0.25, 0.3) is 0 Å². The van der Waals surface area contributed by atoms with Crippen molar-refractivity contribution in [2.24, 2.45) is 0 Å². The van der Waals surface area contributed by atoms with Crippen LogP contribution in [0.3, 0.4) is 0 Å². The maximum absolute atomic E-state index is 12.5. The number of amides is 1. The lowest BCUT2D eigenvalue weighted by Gasteiger charge is -2.22. The third kappa shape index (κ3) is 58.9. The first-order chi connectivity index (χ1) is 36.0. The van der Waals surface area contributed by atoms with Crippen molar-refractivity contribution in [3.8, 4) is 0 Å². The quantitative estimate of drug-likeness (QED) is 0.0320. The molecule has 0 saturated heterocycles. The summed E-state index contributed by atoms with van der Waals surface area (Å²) in [5, 5.41) is 23.3. The zero-order chi connectivity index (χ0) is 52.9. The minimum absolute atomic E-state index is 0.0381. The van der Waals surface area contributed by atoms with E-state index in [1.807, 2.05) is 0 Å². The molecule has 0 aromatic heterocycles. The number of hydrogen-bond acceptors (Lipinski definition) is 5. The van der Waals surface area contributed by atoms with Crippen molar-refractivity contribution in [2.75, 3.05) is 13.2 Å². The largest absolute Gasteiger partial charge is 0.465 e. The van der Waals surface area contributed by atoms with Gasteiger partial charge in [-0.25, -0.2) is 0 Å². The highest BCUT2D eigenvalue weighted by molar-refractivity contribution is 5.76. The van der Waals surface area contributed by atoms with Gasteiger partial charge in [0.05, 0.1) is 25.4 Å². The van der Waals surface area contributed by atoms with Crippen LogP contribution in [0.4, 0.5) is 0 Å². The van der Waals surface area contributed by atoms with E-state index < -0.39 is 12.1 Å². The van der Waals surface area contributed by atoms with Gasteiger partial charge < -0.3 is 20.3 Å². The van der Waals surface area contributed by atoms with Crippen LogP contribution in [0.2, 0.25) is 0 Å². The maximum Gasteiger partial charge on any atom is 0.305 e. The van der Waals surface area contributed by atoms with Crippen LogP contribution < -0.4 is 5.32 Å². The summed E-state index contributed by atoms with van der Waals surface area (Å²) in [6.07, 6.45) is 80.0. The molecule has 6 nitrogen and oxygen atoms in total. The van der Waals surface area contributed by atoms with Crippen molar-refractivity contribution in [3.05, 3.63) is 48.6 Å². The maximum atomic E-state index is 12.5. The van der Waals surface area contributed by atoms with E-state index in [-0.39, 0.29) is 18.5 Å². The second kappa shape index (κ2) is 62.4. The number of carbonyl (C=O) groups is 2. The van der Waals surface area contributed by atoms with Crippen molar-refractivity contribution in [1.29, 1.82) is 0 Å². The van der Waals surface area contributed by atoms with Crippen molar-refractivity contribution in [2.45, 2.75) is 353 Å². The summed E-state index contributed by atoms with van der Waals surface area (Å²) in [4.78, 5) is 24.6. The molecule has 0 aliphatic carbocycles. The first-order valence-corrected chi connectivity index (χ1v) is 32.4. The molecule has 0 rings (SSSR count). The molecule has 0 aromatic carbocycles. The van der Waals surface area contributed by atoms with Gasteiger partial charge in [-0.15, -0.1) is 0 Å². The lowest BCUT2D eigenvalue weighted by atomic mass is 10.0. The second-order valence-electron chi connectivity index (χ2n) is 22.1. The number of unbranched alkanes of at least 4 members (excludes halogenated alkanes) is 41. The zero-order valence-corrected chi connectivity index (χ0v) is 48.9. The number of aliphatic hydroxyl groups is 2. The molecule has 0 heterocycles. The fourth-order valence-corrected chi connectivity index (χ4v) is 9.92. The number of hydrogen-bond donors (Lipinski definition) is 3. The summed E-state index contributed by atoms with van der Waals surface area (Å²) < 4.78 is 5.43. The Bertz CT molecular complexity index is 1230. The first kappa shape index (κ1) is 70.8.